The number of alkyl halides is 1. The molecular formula is C13H12BrFO. The van der Waals surface area contributed by atoms with Gasteiger partial charge in [-0.15, -0.1) is 0 Å². The minimum atomic E-state index is -0.270. The number of hydrogen-bond acceptors (Lipinski definition) is 1. The summed E-state index contributed by atoms with van der Waals surface area (Å²) in [6.45, 7) is 0. The van der Waals surface area contributed by atoms with Crippen molar-refractivity contribution in [2.24, 2.45) is 0 Å². The van der Waals surface area contributed by atoms with Crippen molar-refractivity contribution < 1.29 is 8.81 Å². The normalized spacial score (nSPS) is 25.4. The predicted molar refractivity (Wildman–Crippen MR) is 65.5 cm³/mol. The molecule has 3 rings (SSSR count). The second-order valence-electron chi connectivity index (χ2n) is 4.36. The van der Waals surface area contributed by atoms with Gasteiger partial charge in [0.2, 0.25) is 0 Å². The van der Waals surface area contributed by atoms with Crippen molar-refractivity contribution >= 4 is 26.9 Å². The number of furan rings is 1. The van der Waals surface area contributed by atoms with Gasteiger partial charge in [0.15, 0.2) is 11.4 Å². The van der Waals surface area contributed by atoms with E-state index < -0.39 is 0 Å². The zero-order chi connectivity index (χ0) is 11.1. The van der Waals surface area contributed by atoms with Gasteiger partial charge in [-0.3, -0.25) is 0 Å². The van der Waals surface area contributed by atoms with E-state index in [0.717, 1.165) is 17.6 Å². The number of halogens is 2. The van der Waals surface area contributed by atoms with E-state index in [0.29, 0.717) is 16.3 Å². The average Bonchev–Trinajstić information content (AvgIpc) is 2.84. The Balaban J connectivity index is 2.08. The third-order valence-corrected chi connectivity index (χ3v) is 4.41. The van der Waals surface area contributed by atoms with Gasteiger partial charge in [-0.2, -0.15) is 0 Å². The molecule has 3 heteroatoms. The molecule has 2 unspecified atom stereocenters. The molecule has 1 saturated carbocycles. The monoisotopic (exact) mass is 282 g/mol. The molecule has 1 aliphatic rings. The minimum Gasteiger partial charge on any atom is -0.458 e. The molecule has 1 nitrogen and oxygen atoms in total. The maximum Gasteiger partial charge on any atom is 0.169 e. The molecule has 16 heavy (non-hydrogen) atoms. The van der Waals surface area contributed by atoms with Gasteiger partial charge in [0.25, 0.3) is 0 Å². The molecular weight excluding hydrogens is 271 g/mol. The van der Waals surface area contributed by atoms with Crippen molar-refractivity contribution in [3.63, 3.8) is 0 Å². The van der Waals surface area contributed by atoms with Crippen LogP contribution in [0, 0.1) is 5.82 Å². The highest BCUT2D eigenvalue weighted by atomic mass is 79.9. The quantitative estimate of drug-likeness (QED) is 0.697. The second-order valence-corrected chi connectivity index (χ2v) is 5.54. The molecule has 1 aromatic heterocycles. The topological polar surface area (TPSA) is 13.1 Å². The van der Waals surface area contributed by atoms with Crippen molar-refractivity contribution in [3.05, 3.63) is 35.8 Å². The number of hydrogen-bond donors (Lipinski definition) is 0. The lowest BCUT2D eigenvalue weighted by atomic mass is 10.1. The van der Waals surface area contributed by atoms with E-state index in [4.69, 9.17) is 4.42 Å². The number of fused-ring (bicyclic) bond motifs is 1. The zero-order valence-electron chi connectivity index (χ0n) is 8.75. The summed E-state index contributed by atoms with van der Waals surface area (Å²) in [4.78, 5) is 0.469. The Morgan fingerprint density at radius 2 is 2.19 bits per heavy atom. The van der Waals surface area contributed by atoms with Crippen LogP contribution in [-0.2, 0) is 0 Å². The Morgan fingerprint density at radius 3 is 2.88 bits per heavy atom. The molecule has 2 aromatic rings. The SMILES string of the molecule is Fc1cccc2cc(C3CCCC3Br)oc12. The second kappa shape index (κ2) is 3.88. The standard InChI is InChI=1S/C13H12BrFO/c14-10-5-2-4-9(10)12-7-8-3-1-6-11(15)13(8)16-12/h1,3,6-7,9-10H,2,4-5H2. The van der Waals surface area contributed by atoms with Gasteiger partial charge in [0.1, 0.15) is 5.76 Å². The lowest BCUT2D eigenvalue weighted by molar-refractivity contribution is 0.483. The van der Waals surface area contributed by atoms with Gasteiger partial charge in [-0.25, -0.2) is 4.39 Å². The molecule has 0 radical (unpaired) electrons. The third-order valence-electron chi connectivity index (χ3n) is 3.31. The van der Waals surface area contributed by atoms with Gasteiger partial charge in [0.05, 0.1) is 0 Å². The minimum absolute atomic E-state index is 0.270. The molecule has 0 saturated heterocycles. The molecule has 0 spiro atoms. The summed E-state index contributed by atoms with van der Waals surface area (Å²) in [6.07, 6.45) is 3.50. The van der Waals surface area contributed by atoms with Crippen molar-refractivity contribution in [1.82, 2.24) is 0 Å². The molecule has 1 heterocycles. The van der Waals surface area contributed by atoms with Gasteiger partial charge in [-0.1, -0.05) is 34.5 Å². The van der Waals surface area contributed by atoms with Crippen LogP contribution < -0.4 is 0 Å². The van der Waals surface area contributed by atoms with E-state index in [9.17, 15) is 4.39 Å². The summed E-state index contributed by atoms with van der Waals surface area (Å²) in [6, 6.07) is 7.03. The van der Waals surface area contributed by atoms with E-state index in [2.05, 4.69) is 15.9 Å². The van der Waals surface area contributed by atoms with E-state index in [1.54, 1.807) is 6.07 Å². The summed E-state index contributed by atoms with van der Waals surface area (Å²) in [5, 5.41) is 0.863. The highest BCUT2D eigenvalue weighted by Crippen LogP contribution is 2.41. The number of benzene rings is 1. The fourth-order valence-electron chi connectivity index (χ4n) is 2.47. The number of rotatable bonds is 1. The van der Waals surface area contributed by atoms with Gasteiger partial charge in [-0.05, 0) is 25.0 Å². The largest absolute Gasteiger partial charge is 0.458 e. The summed E-state index contributed by atoms with van der Waals surface area (Å²) in [7, 11) is 0. The molecule has 1 aliphatic carbocycles. The molecule has 1 aromatic carbocycles. The molecule has 0 aliphatic heterocycles. The third kappa shape index (κ3) is 1.58. The Morgan fingerprint density at radius 1 is 1.31 bits per heavy atom. The van der Waals surface area contributed by atoms with E-state index in [1.165, 1.54) is 18.9 Å². The fraction of sp³-hybridized carbons (Fsp3) is 0.385. The van der Waals surface area contributed by atoms with Crippen LogP contribution in [0.1, 0.15) is 30.9 Å². The Bertz CT molecular complexity index is 520. The number of para-hydroxylation sites is 1. The smallest absolute Gasteiger partial charge is 0.169 e. The van der Waals surface area contributed by atoms with Crippen LogP contribution in [0.15, 0.2) is 28.7 Å². The van der Waals surface area contributed by atoms with E-state index in [-0.39, 0.29) is 5.82 Å². The van der Waals surface area contributed by atoms with Crippen LogP contribution in [0.4, 0.5) is 4.39 Å². The summed E-state index contributed by atoms with van der Waals surface area (Å²) >= 11 is 3.66. The van der Waals surface area contributed by atoms with Crippen LogP contribution in [-0.4, -0.2) is 4.83 Å². The van der Waals surface area contributed by atoms with E-state index in [1.807, 2.05) is 12.1 Å². The highest BCUT2D eigenvalue weighted by molar-refractivity contribution is 9.09. The lowest BCUT2D eigenvalue weighted by Gasteiger charge is -2.09. The predicted octanol–water partition coefficient (Wildman–Crippen LogP) is 4.60. The van der Waals surface area contributed by atoms with Crippen molar-refractivity contribution in [1.29, 1.82) is 0 Å². The van der Waals surface area contributed by atoms with E-state index >= 15 is 0 Å². The first-order valence-corrected chi connectivity index (χ1v) is 6.49. The van der Waals surface area contributed by atoms with Crippen LogP contribution in [0.3, 0.4) is 0 Å². The van der Waals surface area contributed by atoms with Crippen molar-refractivity contribution in [2.75, 3.05) is 0 Å². The first-order valence-electron chi connectivity index (χ1n) is 5.58. The van der Waals surface area contributed by atoms with Crippen molar-refractivity contribution in [3.8, 4) is 0 Å². The first kappa shape index (κ1) is 10.3. The van der Waals surface area contributed by atoms with Crippen LogP contribution in [0.5, 0.6) is 0 Å². The fourth-order valence-corrected chi connectivity index (χ4v) is 3.31. The lowest BCUT2D eigenvalue weighted by Crippen LogP contribution is -2.02. The zero-order valence-corrected chi connectivity index (χ0v) is 10.3. The van der Waals surface area contributed by atoms with Gasteiger partial charge in [0, 0.05) is 16.1 Å². The highest BCUT2D eigenvalue weighted by Gasteiger charge is 2.29. The first-order chi connectivity index (χ1) is 7.75. The Kier molecular flexibility index (Phi) is 2.51. The Labute approximate surface area is 102 Å². The average molecular weight is 283 g/mol. The maximum absolute atomic E-state index is 13.5. The maximum atomic E-state index is 13.5. The Hall–Kier alpha value is -0.830. The molecule has 2 atom stereocenters. The van der Waals surface area contributed by atoms with Crippen LogP contribution in [0.25, 0.3) is 11.0 Å². The summed E-state index contributed by atoms with van der Waals surface area (Å²) in [5.74, 6) is 1.04. The summed E-state index contributed by atoms with van der Waals surface area (Å²) in [5.41, 5.74) is 0.393. The molecule has 84 valence electrons. The van der Waals surface area contributed by atoms with Crippen LogP contribution in [0.2, 0.25) is 0 Å². The molecule has 1 fully saturated rings. The van der Waals surface area contributed by atoms with Gasteiger partial charge >= 0.3 is 0 Å². The van der Waals surface area contributed by atoms with Crippen molar-refractivity contribution in [2.45, 2.75) is 30.0 Å². The van der Waals surface area contributed by atoms with Gasteiger partial charge < -0.3 is 4.42 Å². The molecule has 0 N–H and O–H groups in total. The molecule has 0 bridgehead atoms. The van der Waals surface area contributed by atoms with Crippen LogP contribution >= 0.6 is 15.9 Å². The summed E-state index contributed by atoms with van der Waals surface area (Å²) < 4.78 is 19.1. The molecule has 0 amide bonds.